The van der Waals surface area contributed by atoms with Crippen LogP contribution >= 0.6 is 34.7 Å². The van der Waals surface area contributed by atoms with Gasteiger partial charge in [-0.3, -0.25) is 9.20 Å². The van der Waals surface area contributed by atoms with Crippen molar-refractivity contribution in [1.82, 2.24) is 19.6 Å². The van der Waals surface area contributed by atoms with E-state index in [-0.39, 0.29) is 17.4 Å². The molecule has 0 saturated heterocycles. The molecular formula is C25H18ClFN4OS2. The van der Waals surface area contributed by atoms with Crippen LogP contribution in [0.1, 0.15) is 33.6 Å². The Labute approximate surface area is 208 Å². The number of Topliss-reactive ketones (excluding diaryl/α,β-unsaturated/α-hetero) is 1. The lowest BCUT2D eigenvalue weighted by Gasteiger charge is -2.12. The van der Waals surface area contributed by atoms with E-state index in [0.717, 1.165) is 40.7 Å². The van der Waals surface area contributed by atoms with Crippen LogP contribution in [0.15, 0.2) is 53.7 Å². The van der Waals surface area contributed by atoms with Crippen LogP contribution in [-0.4, -0.2) is 31.1 Å². The van der Waals surface area contributed by atoms with E-state index in [4.69, 9.17) is 16.6 Å². The number of thiophene rings is 1. The summed E-state index contributed by atoms with van der Waals surface area (Å²) in [5, 5.41) is 11.2. The monoisotopic (exact) mass is 508 g/mol. The number of aryl methyl sites for hydroxylation is 2. The minimum Gasteiger partial charge on any atom is -0.293 e. The average Bonchev–Trinajstić information content (AvgIpc) is 3.44. The molecule has 34 heavy (non-hydrogen) atoms. The molecule has 0 amide bonds. The molecule has 5 nitrogen and oxygen atoms in total. The maximum Gasteiger partial charge on any atom is 0.197 e. The van der Waals surface area contributed by atoms with Gasteiger partial charge >= 0.3 is 0 Å². The lowest BCUT2D eigenvalue weighted by molar-refractivity contribution is 0.102. The maximum absolute atomic E-state index is 13.2. The zero-order chi connectivity index (χ0) is 23.2. The van der Waals surface area contributed by atoms with E-state index in [1.807, 2.05) is 28.7 Å². The van der Waals surface area contributed by atoms with Crippen molar-refractivity contribution in [3.8, 4) is 11.4 Å². The van der Waals surface area contributed by atoms with Crippen molar-refractivity contribution in [3.63, 3.8) is 0 Å². The van der Waals surface area contributed by atoms with Gasteiger partial charge in [-0.25, -0.2) is 9.37 Å². The number of aromatic nitrogens is 4. The van der Waals surface area contributed by atoms with Gasteiger partial charge < -0.3 is 0 Å². The van der Waals surface area contributed by atoms with Gasteiger partial charge in [-0.1, -0.05) is 35.5 Å². The zero-order valence-electron chi connectivity index (χ0n) is 17.9. The molecule has 170 valence electrons. The number of hydrogen-bond acceptors (Lipinski definition) is 6. The molecule has 9 heteroatoms. The predicted octanol–water partition coefficient (Wildman–Crippen LogP) is 6.65. The van der Waals surface area contributed by atoms with Crippen LogP contribution in [0.2, 0.25) is 5.02 Å². The van der Waals surface area contributed by atoms with E-state index >= 15 is 0 Å². The molecule has 0 bridgehead atoms. The molecule has 3 aromatic heterocycles. The zero-order valence-corrected chi connectivity index (χ0v) is 20.3. The van der Waals surface area contributed by atoms with Gasteiger partial charge in [0.25, 0.3) is 0 Å². The number of ketones is 1. The first-order chi connectivity index (χ1) is 16.6. The van der Waals surface area contributed by atoms with Gasteiger partial charge in [0.1, 0.15) is 10.6 Å². The fraction of sp³-hybridized carbons (Fsp3) is 0.200. The Bertz CT molecular complexity index is 1560. The van der Waals surface area contributed by atoms with Crippen molar-refractivity contribution in [2.24, 2.45) is 0 Å². The molecule has 0 N–H and O–H groups in total. The van der Waals surface area contributed by atoms with Crippen molar-refractivity contribution in [2.75, 3.05) is 5.75 Å². The summed E-state index contributed by atoms with van der Waals surface area (Å²) in [4.78, 5) is 20.1. The Morgan fingerprint density at radius 1 is 1.09 bits per heavy atom. The lowest BCUT2D eigenvalue weighted by Crippen LogP contribution is -2.05. The van der Waals surface area contributed by atoms with E-state index in [2.05, 4.69) is 10.2 Å². The molecule has 0 saturated carbocycles. The Hall–Kier alpha value is -2.81. The highest BCUT2D eigenvalue weighted by Crippen LogP contribution is 2.40. The second kappa shape index (κ2) is 8.76. The number of carbonyl (C=O) groups excluding carboxylic acids is 1. The van der Waals surface area contributed by atoms with Gasteiger partial charge in [-0.2, -0.15) is 0 Å². The molecule has 1 aliphatic carbocycles. The summed E-state index contributed by atoms with van der Waals surface area (Å²) >= 11 is 9.59. The van der Waals surface area contributed by atoms with Gasteiger partial charge in [0, 0.05) is 16.0 Å². The molecule has 5 aromatic rings. The number of rotatable bonds is 5. The number of halogens is 2. The molecule has 0 radical (unpaired) electrons. The van der Waals surface area contributed by atoms with Gasteiger partial charge in [-0.15, -0.1) is 21.5 Å². The second-order valence-electron chi connectivity index (χ2n) is 8.17. The molecule has 0 fully saturated rings. The fourth-order valence-electron chi connectivity index (χ4n) is 4.40. The summed E-state index contributed by atoms with van der Waals surface area (Å²) in [5.74, 6) is 0.330. The predicted molar refractivity (Wildman–Crippen MR) is 135 cm³/mol. The van der Waals surface area contributed by atoms with E-state index in [0.29, 0.717) is 21.6 Å². The smallest absolute Gasteiger partial charge is 0.197 e. The SMILES string of the molecule is O=C(CSc1nnc2c3c4c(sc3nc(-c3ccccc3Cl)n12)CCCC4)c1ccc(F)cc1. The lowest BCUT2D eigenvalue weighted by atomic mass is 9.97. The summed E-state index contributed by atoms with van der Waals surface area (Å²) in [7, 11) is 0. The standard InChI is InChI=1S/C25H18ClFN4OS2/c26-18-7-3-1-5-16(18)22-28-24-21(17-6-2-4-8-20(17)34-24)23-29-30-25(31(22)23)33-13-19(32)14-9-11-15(27)12-10-14/h1,3,5,7,9-12H,2,4,6,8,13H2. The third kappa shape index (κ3) is 3.70. The van der Waals surface area contributed by atoms with Crippen molar-refractivity contribution in [3.05, 3.63) is 75.4 Å². The van der Waals surface area contributed by atoms with Gasteiger partial charge in [-0.05, 0) is 67.6 Å². The number of thioether (sulfide) groups is 1. The summed E-state index contributed by atoms with van der Waals surface area (Å²) in [6.45, 7) is 0. The Morgan fingerprint density at radius 2 is 1.88 bits per heavy atom. The minimum absolute atomic E-state index is 0.108. The minimum atomic E-state index is -0.369. The van der Waals surface area contributed by atoms with Crippen molar-refractivity contribution >= 4 is 56.3 Å². The van der Waals surface area contributed by atoms with E-state index in [9.17, 15) is 9.18 Å². The van der Waals surface area contributed by atoms with Crippen LogP contribution in [-0.2, 0) is 12.8 Å². The quantitative estimate of drug-likeness (QED) is 0.196. The Morgan fingerprint density at radius 3 is 2.71 bits per heavy atom. The van der Waals surface area contributed by atoms with Gasteiger partial charge in [0.15, 0.2) is 22.4 Å². The number of nitrogens with zero attached hydrogens (tertiary/aromatic N) is 4. The topological polar surface area (TPSA) is 60.2 Å². The molecule has 2 aromatic carbocycles. The second-order valence-corrected chi connectivity index (χ2v) is 10.6. The van der Waals surface area contributed by atoms with Crippen LogP contribution in [0.3, 0.4) is 0 Å². The Kier molecular flexibility index (Phi) is 5.59. The van der Waals surface area contributed by atoms with E-state index in [1.165, 1.54) is 52.9 Å². The molecular weight excluding hydrogens is 491 g/mol. The van der Waals surface area contributed by atoms with Crippen LogP contribution < -0.4 is 0 Å². The van der Waals surface area contributed by atoms with Crippen LogP contribution in [0.25, 0.3) is 27.3 Å². The highest BCUT2D eigenvalue weighted by atomic mass is 35.5. The van der Waals surface area contributed by atoms with Crippen LogP contribution in [0.4, 0.5) is 4.39 Å². The summed E-state index contributed by atoms with van der Waals surface area (Å²) < 4.78 is 15.2. The number of carbonyl (C=O) groups is 1. The molecule has 0 unspecified atom stereocenters. The first-order valence-corrected chi connectivity index (χ1v) is 13.1. The van der Waals surface area contributed by atoms with Crippen LogP contribution in [0.5, 0.6) is 0 Å². The normalized spacial score (nSPS) is 13.5. The van der Waals surface area contributed by atoms with E-state index < -0.39 is 0 Å². The first kappa shape index (κ1) is 21.7. The third-order valence-corrected chi connectivity index (χ3v) is 8.49. The number of benzene rings is 2. The fourth-order valence-corrected chi connectivity index (χ4v) is 6.70. The van der Waals surface area contributed by atoms with Gasteiger partial charge in [0.05, 0.1) is 16.2 Å². The third-order valence-electron chi connectivity index (χ3n) is 6.04. The molecule has 3 heterocycles. The van der Waals surface area contributed by atoms with Crippen LogP contribution in [0, 0.1) is 5.82 Å². The van der Waals surface area contributed by atoms with Gasteiger partial charge in [0.2, 0.25) is 0 Å². The van der Waals surface area contributed by atoms with Crippen molar-refractivity contribution in [2.45, 2.75) is 30.8 Å². The summed E-state index contributed by atoms with van der Waals surface area (Å²) in [6.07, 6.45) is 4.41. The first-order valence-electron chi connectivity index (χ1n) is 11.0. The summed E-state index contributed by atoms with van der Waals surface area (Å²) in [5.41, 5.74) is 3.31. The van der Waals surface area contributed by atoms with Crippen molar-refractivity contribution < 1.29 is 9.18 Å². The van der Waals surface area contributed by atoms with E-state index in [1.54, 1.807) is 11.3 Å². The molecule has 6 rings (SSSR count). The number of hydrogen-bond donors (Lipinski definition) is 0. The molecule has 0 spiro atoms. The Balaban J connectivity index is 1.49. The maximum atomic E-state index is 13.2. The molecule has 0 atom stereocenters. The number of fused-ring (bicyclic) bond motifs is 5. The molecule has 0 aliphatic heterocycles. The average molecular weight is 509 g/mol. The highest BCUT2D eigenvalue weighted by Gasteiger charge is 2.25. The summed E-state index contributed by atoms with van der Waals surface area (Å²) in [6, 6.07) is 13.2. The highest BCUT2D eigenvalue weighted by molar-refractivity contribution is 7.99. The largest absolute Gasteiger partial charge is 0.293 e. The van der Waals surface area contributed by atoms with Crippen molar-refractivity contribution in [1.29, 1.82) is 0 Å². The molecule has 1 aliphatic rings.